The van der Waals surface area contributed by atoms with Crippen LogP contribution in [0.25, 0.3) is 0 Å². The van der Waals surface area contributed by atoms with Gasteiger partial charge in [0.15, 0.2) is 0 Å². The van der Waals surface area contributed by atoms with E-state index in [2.05, 4.69) is 10.6 Å². The summed E-state index contributed by atoms with van der Waals surface area (Å²) in [6, 6.07) is -3.60. The summed E-state index contributed by atoms with van der Waals surface area (Å²) in [7, 11) is 0. The number of rotatable bonds is 11. The van der Waals surface area contributed by atoms with E-state index in [-0.39, 0.29) is 12.8 Å². The zero-order valence-corrected chi connectivity index (χ0v) is 13.7. The molecule has 25 heavy (non-hydrogen) atoms. The predicted octanol–water partition coefficient (Wildman–Crippen LogP) is -4.24. The second-order valence-electron chi connectivity index (χ2n) is 5.20. The minimum atomic E-state index is -1.49. The molecule has 0 aliphatic rings. The molecule has 142 valence electrons. The topological polar surface area (TPSA) is 214 Å². The second-order valence-corrected chi connectivity index (χ2v) is 5.20. The van der Waals surface area contributed by atoms with E-state index < -0.39 is 60.9 Å². The average molecular weight is 361 g/mol. The fourth-order valence-electron chi connectivity index (χ4n) is 1.57. The molecule has 0 saturated heterocycles. The van der Waals surface area contributed by atoms with Gasteiger partial charge in [-0.15, -0.1) is 0 Å². The standard InChI is InChI=1S/C13H23N5O7/c1-6(11(22)18-8(5-19)13(24)25)17-10(21)4-16-12(23)7(14)2-3-9(15)20/h6-8,19H,2-5,14H2,1H3,(H2,15,20)(H,16,23)(H,17,21)(H,18,22)(H,24,25). The highest BCUT2D eigenvalue weighted by Crippen LogP contribution is 1.93. The molecule has 0 aromatic carbocycles. The van der Waals surface area contributed by atoms with E-state index in [0.29, 0.717) is 0 Å². The van der Waals surface area contributed by atoms with Gasteiger partial charge in [0.2, 0.25) is 23.6 Å². The fraction of sp³-hybridized carbons (Fsp3) is 0.615. The zero-order valence-electron chi connectivity index (χ0n) is 13.7. The van der Waals surface area contributed by atoms with E-state index in [9.17, 15) is 24.0 Å². The third-order valence-electron chi connectivity index (χ3n) is 3.03. The SMILES string of the molecule is CC(NC(=O)CNC(=O)C(N)CCC(N)=O)C(=O)NC(CO)C(=O)O. The number of aliphatic hydroxyl groups is 1. The first-order valence-corrected chi connectivity index (χ1v) is 7.33. The summed E-state index contributed by atoms with van der Waals surface area (Å²) in [5.41, 5.74) is 10.4. The van der Waals surface area contributed by atoms with Crippen LogP contribution in [0.2, 0.25) is 0 Å². The number of carboxylic acids is 1. The predicted molar refractivity (Wildman–Crippen MR) is 83.7 cm³/mol. The third-order valence-corrected chi connectivity index (χ3v) is 3.03. The Morgan fingerprint density at radius 1 is 1.08 bits per heavy atom. The molecule has 4 amide bonds. The van der Waals surface area contributed by atoms with Crippen molar-refractivity contribution >= 4 is 29.6 Å². The van der Waals surface area contributed by atoms with E-state index in [1.807, 2.05) is 5.32 Å². The summed E-state index contributed by atoms with van der Waals surface area (Å²) in [6.45, 7) is 0.0218. The van der Waals surface area contributed by atoms with Gasteiger partial charge in [0.25, 0.3) is 0 Å². The Morgan fingerprint density at radius 3 is 2.16 bits per heavy atom. The Balaban J connectivity index is 4.27. The van der Waals surface area contributed by atoms with Gasteiger partial charge in [-0.2, -0.15) is 0 Å². The number of amides is 4. The Labute approximate surface area is 143 Å². The molecule has 0 spiro atoms. The molecule has 12 heteroatoms. The van der Waals surface area contributed by atoms with E-state index in [4.69, 9.17) is 21.7 Å². The second kappa shape index (κ2) is 10.9. The van der Waals surface area contributed by atoms with Crippen molar-refractivity contribution in [1.29, 1.82) is 0 Å². The van der Waals surface area contributed by atoms with E-state index >= 15 is 0 Å². The highest BCUT2D eigenvalue weighted by atomic mass is 16.4. The number of aliphatic hydroxyl groups excluding tert-OH is 1. The number of nitrogens with two attached hydrogens (primary N) is 2. The van der Waals surface area contributed by atoms with Crippen molar-refractivity contribution in [3.63, 3.8) is 0 Å². The van der Waals surface area contributed by atoms with E-state index in [1.54, 1.807) is 0 Å². The Morgan fingerprint density at radius 2 is 1.68 bits per heavy atom. The number of carbonyl (C=O) groups excluding carboxylic acids is 4. The first-order chi connectivity index (χ1) is 11.6. The summed E-state index contributed by atoms with van der Waals surface area (Å²) in [6.07, 6.45) is -0.0487. The van der Waals surface area contributed by atoms with Gasteiger partial charge in [-0.05, 0) is 13.3 Å². The van der Waals surface area contributed by atoms with Crippen molar-refractivity contribution in [3.8, 4) is 0 Å². The van der Waals surface area contributed by atoms with Gasteiger partial charge >= 0.3 is 5.97 Å². The van der Waals surface area contributed by atoms with Gasteiger partial charge in [-0.25, -0.2) is 4.79 Å². The summed E-state index contributed by atoms with van der Waals surface area (Å²) < 4.78 is 0. The number of aliphatic carboxylic acids is 1. The summed E-state index contributed by atoms with van der Waals surface area (Å²) in [5, 5.41) is 24.0. The number of carboxylic acid groups (broad SMARTS) is 1. The molecule has 0 rings (SSSR count). The van der Waals surface area contributed by atoms with Gasteiger partial charge in [0, 0.05) is 6.42 Å². The van der Waals surface area contributed by atoms with Gasteiger partial charge in [0.1, 0.15) is 12.1 Å². The first kappa shape index (κ1) is 22.3. The van der Waals surface area contributed by atoms with E-state index in [1.165, 1.54) is 6.92 Å². The molecular weight excluding hydrogens is 338 g/mol. The number of hydrogen-bond acceptors (Lipinski definition) is 7. The highest BCUT2D eigenvalue weighted by molar-refractivity contribution is 5.92. The third kappa shape index (κ3) is 9.22. The molecule has 3 atom stereocenters. The minimum Gasteiger partial charge on any atom is -0.480 e. The lowest BCUT2D eigenvalue weighted by Crippen LogP contribution is -2.53. The molecule has 0 aromatic heterocycles. The van der Waals surface area contributed by atoms with Crippen LogP contribution in [-0.2, 0) is 24.0 Å². The van der Waals surface area contributed by atoms with Gasteiger partial charge in [-0.3, -0.25) is 19.2 Å². The molecule has 0 radical (unpaired) electrons. The van der Waals surface area contributed by atoms with Crippen LogP contribution < -0.4 is 27.4 Å². The van der Waals surface area contributed by atoms with Crippen LogP contribution in [0.15, 0.2) is 0 Å². The molecule has 0 aliphatic carbocycles. The maximum atomic E-state index is 11.7. The lowest BCUT2D eigenvalue weighted by Gasteiger charge is -2.17. The molecule has 9 N–H and O–H groups in total. The van der Waals surface area contributed by atoms with Crippen molar-refractivity contribution in [2.45, 2.75) is 37.9 Å². The monoisotopic (exact) mass is 361 g/mol. The number of nitrogens with one attached hydrogen (secondary N) is 3. The molecular formula is C13H23N5O7. The molecule has 0 saturated carbocycles. The van der Waals surface area contributed by atoms with Gasteiger partial charge in [-0.1, -0.05) is 0 Å². The van der Waals surface area contributed by atoms with Crippen molar-refractivity contribution in [2.75, 3.05) is 13.2 Å². The summed E-state index contributed by atoms with van der Waals surface area (Å²) in [5.74, 6) is -4.23. The molecule has 0 aromatic rings. The van der Waals surface area contributed by atoms with Crippen LogP contribution in [0.3, 0.4) is 0 Å². The molecule has 0 bridgehead atoms. The maximum absolute atomic E-state index is 11.7. The fourth-order valence-corrected chi connectivity index (χ4v) is 1.57. The minimum absolute atomic E-state index is 0.0271. The average Bonchev–Trinajstić information content (AvgIpc) is 2.54. The highest BCUT2D eigenvalue weighted by Gasteiger charge is 2.23. The van der Waals surface area contributed by atoms with Crippen LogP contribution in [0.1, 0.15) is 19.8 Å². The molecule has 0 fully saturated rings. The largest absolute Gasteiger partial charge is 0.480 e. The van der Waals surface area contributed by atoms with Crippen molar-refractivity contribution in [1.82, 2.24) is 16.0 Å². The van der Waals surface area contributed by atoms with E-state index in [0.717, 1.165) is 0 Å². The quantitative estimate of drug-likeness (QED) is 0.191. The normalized spacial score (nSPS) is 13.9. The zero-order chi connectivity index (χ0) is 19.6. The summed E-state index contributed by atoms with van der Waals surface area (Å²) >= 11 is 0. The Kier molecular flexibility index (Phi) is 9.74. The molecule has 3 unspecified atom stereocenters. The Bertz CT molecular complexity index is 525. The van der Waals surface area contributed by atoms with Crippen LogP contribution in [0.5, 0.6) is 0 Å². The smallest absolute Gasteiger partial charge is 0.328 e. The number of carbonyl (C=O) groups is 5. The number of primary amides is 1. The lowest BCUT2D eigenvalue weighted by molar-refractivity contribution is -0.143. The maximum Gasteiger partial charge on any atom is 0.328 e. The van der Waals surface area contributed by atoms with Crippen molar-refractivity contribution < 1.29 is 34.2 Å². The molecule has 0 heterocycles. The molecule has 12 nitrogen and oxygen atoms in total. The van der Waals surface area contributed by atoms with Crippen molar-refractivity contribution in [3.05, 3.63) is 0 Å². The van der Waals surface area contributed by atoms with Crippen LogP contribution in [0, 0.1) is 0 Å². The first-order valence-electron chi connectivity index (χ1n) is 7.33. The Hall–Kier alpha value is -2.73. The van der Waals surface area contributed by atoms with Crippen molar-refractivity contribution in [2.24, 2.45) is 11.5 Å². The van der Waals surface area contributed by atoms with Crippen LogP contribution in [-0.4, -0.2) is 71.1 Å². The lowest BCUT2D eigenvalue weighted by atomic mass is 10.1. The van der Waals surface area contributed by atoms with Gasteiger partial charge in [0.05, 0.1) is 19.2 Å². The number of hydrogen-bond donors (Lipinski definition) is 7. The van der Waals surface area contributed by atoms with Crippen LogP contribution >= 0.6 is 0 Å². The van der Waals surface area contributed by atoms with Gasteiger partial charge < -0.3 is 37.6 Å². The van der Waals surface area contributed by atoms with Crippen LogP contribution in [0.4, 0.5) is 0 Å². The molecule has 0 aliphatic heterocycles. The summed E-state index contributed by atoms with van der Waals surface area (Å²) in [4.78, 5) is 56.2.